The molecular weight excluding hydrogens is 764 g/mol. The first-order chi connectivity index (χ1) is 27.3. The third-order valence-corrected chi connectivity index (χ3v) is 9.83. The van der Waals surface area contributed by atoms with Gasteiger partial charge in [-0.25, -0.2) is 14.5 Å². The normalized spacial score (nSPS) is 16.1. The van der Waals surface area contributed by atoms with Gasteiger partial charge in [0.05, 0.1) is 6.54 Å². The number of piperidine rings is 1. The van der Waals surface area contributed by atoms with E-state index in [4.69, 9.17) is 16.3 Å². The Morgan fingerprint density at radius 1 is 0.842 bits per heavy atom. The van der Waals surface area contributed by atoms with Gasteiger partial charge in [0.2, 0.25) is 17.7 Å². The summed E-state index contributed by atoms with van der Waals surface area (Å²) in [6.07, 6.45) is 3.38. The fraction of sp³-hybridized carbons (Fsp3) is 0.395. The van der Waals surface area contributed by atoms with Gasteiger partial charge in [-0.1, -0.05) is 36.2 Å². The topological polar surface area (TPSA) is 233 Å². The number of urea groups is 1. The van der Waals surface area contributed by atoms with Crippen molar-refractivity contribution in [3.05, 3.63) is 75.8 Å². The summed E-state index contributed by atoms with van der Waals surface area (Å²) in [6, 6.07) is 8.87. The Kier molecular flexibility index (Phi) is 14.3. The van der Waals surface area contributed by atoms with Crippen LogP contribution in [0.5, 0.6) is 0 Å². The van der Waals surface area contributed by atoms with Crippen molar-refractivity contribution in [2.75, 3.05) is 38.2 Å². The minimum Gasteiger partial charge on any atom is -0.428 e. The number of amides is 10. The number of halogens is 1. The van der Waals surface area contributed by atoms with Gasteiger partial charge in [0.25, 0.3) is 23.6 Å². The average Bonchev–Trinajstić information content (AvgIpc) is 3.68. The molecule has 18 nitrogen and oxygen atoms in total. The van der Waals surface area contributed by atoms with E-state index in [1.165, 1.54) is 17.1 Å². The number of likely N-dealkylation sites (tertiary alicyclic amines) is 1. The number of unbranched alkanes of at least 4 members (excludes halogenated alkanes) is 2. The summed E-state index contributed by atoms with van der Waals surface area (Å²) in [5.41, 5.74) is 3.19. The molecule has 0 spiro atoms. The zero-order valence-corrected chi connectivity index (χ0v) is 31.9. The number of carbonyl (C=O) groups excluding carboxylic acids is 9. The lowest BCUT2D eigenvalue weighted by molar-refractivity contribution is -0.156. The molecule has 5 rings (SSSR count). The van der Waals surface area contributed by atoms with Crippen molar-refractivity contribution in [1.82, 2.24) is 36.0 Å². The molecule has 19 heteroatoms. The molecule has 5 N–H and O–H groups in total. The Labute approximate surface area is 332 Å². The highest BCUT2D eigenvalue weighted by Gasteiger charge is 2.43. The lowest BCUT2D eigenvalue weighted by Gasteiger charge is -2.34. The molecule has 1 fully saturated rings. The minimum atomic E-state index is -0.963. The number of carbonyl (C=O) groups is 9. The number of nitrogens with zero attached hydrogens (tertiary/aromatic N) is 3. The highest BCUT2D eigenvalue weighted by atomic mass is 35.5. The number of fused-ring (bicyclic) bond motifs is 1. The van der Waals surface area contributed by atoms with Crippen LogP contribution in [0, 0.1) is 6.92 Å². The second-order valence-corrected chi connectivity index (χ2v) is 13.9. The maximum atomic E-state index is 13.4. The number of aryl methyl sites for hydroxylation is 1. The largest absolute Gasteiger partial charge is 0.428 e. The number of hydrogen-bond acceptors (Lipinski definition) is 10. The van der Waals surface area contributed by atoms with Crippen molar-refractivity contribution in [2.45, 2.75) is 64.6 Å². The molecule has 3 aliphatic heterocycles. The number of anilines is 1. The molecular formula is C38H43ClN8O10. The molecule has 1 unspecified atom stereocenters. The lowest BCUT2D eigenvalue weighted by atomic mass is 10.0. The standard InChI is InChI=1S/C38H43ClN8O10/c1-23-6-8-26(18-28(23)39)44-37(55)43-19-24-7-9-27-25(17-24)21-46(35(27)53)29-10-11-34(52)47(36(29)54)22-57-38(56)41-15-14-40-31(49)20-42-30(48)5-3-2-4-16-45-32(50)12-13-33(45)51/h6-9,12-13,17-18,29H,2-5,10-11,14-16,19-22H2,1H3,(H,40,49)(H,41,56)(H,42,48)(H2,43,44,55). The van der Waals surface area contributed by atoms with Gasteiger partial charge in [0.15, 0.2) is 6.73 Å². The van der Waals surface area contributed by atoms with E-state index in [9.17, 15) is 43.2 Å². The van der Waals surface area contributed by atoms with Crippen molar-refractivity contribution in [3.8, 4) is 0 Å². The number of alkyl carbamates (subject to hydrolysis) is 1. The highest BCUT2D eigenvalue weighted by Crippen LogP contribution is 2.30. The van der Waals surface area contributed by atoms with Crippen molar-refractivity contribution < 1.29 is 47.9 Å². The molecule has 1 saturated heterocycles. The molecule has 0 saturated carbocycles. The maximum absolute atomic E-state index is 13.4. The van der Waals surface area contributed by atoms with Crippen LogP contribution in [-0.2, 0) is 46.6 Å². The summed E-state index contributed by atoms with van der Waals surface area (Å²) in [5.74, 6) is -3.16. The lowest BCUT2D eigenvalue weighted by Crippen LogP contribution is -2.55. The number of hydrogen-bond donors (Lipinski definition) is 5. The van der Waals surface area contributed by atoms with Gasteiger partial charge in [0, 0.05) is 74.0 Å². The average molecular weight is 807 g/mol. The maximum Gasteiger partial charge on any atom is 0.408 e. The van der Waals surface area contributed by atoms with Crippen molar-refractivity contribution >= 4 is 70.8 Å². The zero-order chi connectivity index (χ0) is 41.1. The molecule has 1 atom stereocenters. The molecule has 302 valence electrons. The van der Waals surface area contributed by atoms with E-state index in [0.717, 1.165) is 20.9 Å². The van der Waals surface area contributed by atoms with Crippen LogP contribution in [0.15, 0.2) is 48.6 Å². The predicted molar refractivity (Wildman–Crippen MR) is 203 cm³/mol. The molecule has 0 bridgehead atoms. The highest BCUT2D eigenvalue weighted by molar-refractivity contribution is 6.31. The molecule has 0 aliphatic carbocycles. The molecule has 3 heterocycles. The van der Waals surface area contributed by atoms with Gasteiger partial charge in [-0.05, 0) is 61.1 Å². The monoisotopic (exact) mass is 806 g/mol. The predicted octanol–water partition coefficient (Wildman–Crippen LogP) is 1.85. The fourth-order valence-electron chi connectivity index (χ4n) is 6.29. The Morgan fingerprint density at radius 2 is 1.60 bits per heavy atom. The molecule has 2 aromatic carbocycles. The molecule has 10 amide bonds. The zero-order valence-electron chi connectivity index (χ0n) is 31.2. The number of rotatable bonds is 17. The molecule has 0 radical (unpaired) electrons. The van der Waals surface area contributed by atoms with E-state index < -0.39 is 42.6 Å². The quantitative estimate of drug-likeness (QED) is 0.115. The summed E-state index contributed by atoms with van der Waals surface area (Å²) in [5, 5.41) is 13.4. The third-order valence-electron chi connectivity index (χ3n) is 9.42. The van der Waals surface area contributed by atoms with E-state index >= 15 is 0 Å². The van der Waals surface area contributed by atoms with Gasteiger partial charge in [-0.3, -0.25) is 38.5 Å². The van der Waals surface area contributed by atoms with E-state index in [-0.39, 0.29) is 82.2 Å². The van der Waals surface area contributed by atoms with Crippen molar-refractivity contribution in [1.29, 1.82) is 0 Å². The summed E-state index contributed by atoms with van der Waals surface area (Å²) in [6.45, 7) is 1.40. The molecule has 57 heavy (non-hydrogen) atoms. The van der Waals surface area contributed by atoms with E-state index in [1.54, 1.807) is 36.4 Å². The Balaban J connectivity index is 0.966. The van der Waals surface area contributed by atoms with Crippen LogP contribution in [0.25, 0.3) is 0 Å². The number of imide groups is 2. The Hall–Kier alpha value is -6.30. The van der Waals surface area contributed by atoms with Crippen LogP contribution in [0.2, 0.25) is 5.02 Å². The smallest absolute Gasteiger partial charge is 0.408 e. The number of benzene rings is 2. The van der Waals surface area contributed by atoms with Crippen LogP contribution < -0.4 is 26.6 Å². The molecule has 2 aromatic rings. The fourth-order valence-corrected chi connectivity index (χ4v) is 6.47. The first-order valence-corrected chi connectivity index (χ1v) is 18.7. The van der Waals surface area contributed by atoms with Crippen LogP contribution >= 0.6 is 11.6 Å². The number of ether oxygens (including phenoxy) is 1. The van der Waals surface area contributed by atoms with E-state index in [2.05, 4.69) is 26.6 Å². The summed E-state index contributed by atoms with van der Waals surface area (Å²) < 4.78 is 5.09. The first-order valence-electron chi connectivity index (χ1n) is 18.4. The van der Waals surface area contributed by atoms with Gasteiger partial charge >= 0.3 is 12.1 Å². The third kappa shape index (κ3) is 11.4. The first kappa shape index (κ1) is 41.9. The van der Waals surface area contributed by atoms with Crippen LogP contribution in [-0.4, -0.2) is 107 Å². The van der Waals surface area contributed by atoms with Crippen LogP contribution in [0.3, 0.4) is 0 Å². The Morgan fingerprint density at radius 3 is 2.35 bits per heavy atom. The second kappa shape index (κ2) is 19.5. The summed E-state index contributed by atoms with van der Waals surface area (Å²) in [4.78, 5) is 115. The SMILES string of the molecule is Cc1ccc(NC(=O)NCc2ccc3c(c2)CN(C2CCC(=O)N(COC(=O)NCCNC(=O)CNC(=O)CCCCCN4C(=O)C=CC4=O)C2=O)C3=O)cc1Cl. The van der Waals surface area contributed by atoms with Gasteiger partial charge in [-0.15, -0.1) is 0 Å². The van der Waals surface area contributed by atoms with Gasteiger partial charge in [-0.2, -0.15) is 0 Å². The van der Waals surface area contributed by atoms with Crippen molar-refractivity contribution in [2.24, 2.45) is 0 Å². The van der Waals surface area contributed by atoms with Crippen LogP contribution in [0.1, 0.15) is 65.6 Å². The van der Waals surface area contributed by atoms with Crippen LogP contribution in [0.4, 0.5) is 15.3 Å². The van der Waals surface area contributed by atoms with E-state index in [0.29, 0.717) is 41.1 Å². The second-order valence-electron chi connectivity index (χ2n) is 13.5. The van der Waals surface area contributed by atoms with E-state index in [1.807, 2.05) is 6.92 Å². The summed E-state index contributed by atoms with van der Waals surface area (Å²) >= 11 is 6.13. The molecule has 3 aliphatic rings. The number of nitrogens with one attached hydrogen (secondary N) is 5. The molecule has 0 aromatic heterocycles. The Bertz CT molecular complexity index is 1970. The van der Waals surface area contributed by atoms with Gasteiger partial charge in [0.1, 0.15) is 6.04 Å². The summed E-state index contributed by atoms with van der Waals surface area (Å²) in [7, 11) is 0. The minimum absolute atomic E-state index is 0.00160. The van der Waals surface area contributed by atoms with Crippen molar-refractivity contribution in [3.63, 3.8) is 0 Å². The van der Waals surface area contributed by atoms with Gasteiger partial charge < -0.3 is 36.2 Å².